The lowest BCUT2D eigenvalue weighted by molar-refractivity contribution is 0.143. The van der Waals surface area contributed by atoms with Crippen LogP contribution in [0.1, 0.15) is 31.2 Å². The number of fused-ring (bicyclic) bond motifs is 2. The number of alkyl halides is 1. The second kappa shape index (κ2) is 6.85. The van der Waals surface area contributed by atoms with Gasteiger partial charge in [-0.3, -0.25) is 0 Å². The van der Waals surface area contributed by atoms with Crippen molar-refractivity contribution in [3.63, 3.8) is 0 Å². The van der Waals surface area contributed by atoms with E-state index in [1.807, 2.05) is 6.20 Å². The molecule has 1 aromatic heterocycles. The maximum Gasteiger partial charge on any atom is 0.134 e. The number of hydrogen-bond donors (Lipinski definition) is 0. The lowest BCUT2D eigenvalue weighted by Crippen LogP contribution is -2.39. The van der Waals surface area contributed by atoms with Crippen molar-refractivity contribution in [2.45, 2.75) is 61.6 Å². The fraction of sp³-hybridized carbons (Fsp3) is 0.722. The highest BCUT2D eigenvalue weighted by molar-refractivity contribution is 9.09. The molecule has 2 heterocycles. The first-order valence-electron chi connectivity index (χ1n) is 8.82. The third-order valence-electron chi connectivity index (χ3n) is 5.18. The van der Waals surface area contributed by atoms with Gasteiger partial charge in [-0.2, -0.15) is 0 Å². The van der Waals surface area contributed by atoms with Crippen LogP contribution in [0.3, 0.4) is 0 Å². The summed E-state index contributed by atoms with van der Waals surface area (Å²) in [7, 11) is -1.02. The van der Waals surface area contributed by atoms with E-state index in [2.05, 4.69) is 57.6 Å². The molecule has 1 aliphatic carbocycles. The molecule has 1 saturated carbocycles. The Hall–Kier alpha value is -0.393. The molecule has 0 aromatic carbocycles. The van der Waals surface area contributed by atoms with Crippen LogP contribution in [0.2, 0.25) is 25.7 Å². The standard InChI is InChI=1S/C18H29BrN2OSi/c1-23(2,3)11-10-22-14-21-13-18(8-4-6-15(19)12-18)16-7-5-9-20-17(16)21/h5,7,9,15H,4,6,8,10-14H2,1-3H3. The number of hydrogen-bond acceptors (Lipinski definition) is 3. The summed E-state index contributed by atoms with van der Waals surface area (Å²) in [5.41, 5.74) is 1.72. The Balaban J connectivity index is 1.69. The van der Waals surface area contributed by atoms with Crippen LogP contribution < -0.4 is 4.90 Å². The van der Waals surface area contributed by atoms with E-state index in [1.165, 1.54) is 37.3 Å². The molecule has 1 aromatic rings. The quantitative estimate of drug-likeness (QED) is 0.406. The highest BCUT2D eigenvalue weighted by Gasteiger charge is 2.45. The SMILES string of the molecule is C[Si](C)(C)CCOCN1CC2(CCCC(Br)C2)c2cccnc21. The Morgan fingerprint density at radius 2 is 2.26 bits per heavy atom. The van der Waals surface area contributed by atoms with Crippen LogP contribution in [-0.2, 0) is 10.2 Å². The molecule has 2 aliphatic rings. The number of halogens is 1. The predicted molar refractivity (Wildman–Crippen MR) is 103 cm³/mol. The van der Waals surface area contributed by atoms with Crippen LogP contribution in [0.5, 0.6) is 0 Å². The lowest BCUT2D eigenvalue weighted by Gasteiger charge is -2.36. The van der Waals surface area contributed by atoms with Crippen molar-refractivity contribution in [2.75, 3.05) is 24.8 Å². The Morgan fingerprint density at radius 1 is 1.43 bits per heavy atom. The van der Waals surface area contributed by atoms with E-state index >= 15 is 0 Å². The predicted octanol–water partition coefficient (Wildman–Crippen LogP) is 4.79. The van der Waals surface area contributed by atoms with Crippen molar-refractivity contribution in [1.82, 2.24) is 4.98 Å². The summed E-state index contributed by atoms with van der Waals surface area (Å²) >= 11 is 3.87. The summed E-state index contributed by atoms with van der Waals surface area (Å²) in [5, 5.41) is 0. The second-order valence-electron chi connectivity index (χ2n) is 8.39. The molecule has 2 atom stereocenters. The minimum atomic E-state index is -1.02. The van der Waals surface area contributed by atoms with Gasteiger partial charge in [0, 0.05) is 43.2 Å². The minimum absolute atomic E-state index is 0.276. The third kappa shape index (κ3) is 3.99. The average molecular weight is 397 g/mol. The van der Waals surface area contributed by atoms with E-state index in [9.17, 15) is 0 Å². The van der Waals surface area contributed by atoms with Crippen LogP contribution >= 0.6 is 15.9 Å². The van der Waals surface area contributed by atoms with Gasteiger partial charge in [0.05, 0.1) is 0 Å². The topological polar surface area (TPSA) is 25.4 Å². The van der Waals surface area contributed by atoms with E-state index in [0.717, 1.165) is 19.0 Å². The summed E-state index contributed by atoms with van der Waals surface area (Å²) < 4.78 is 6.02. The average Bonchev–Trinajstić information content (AvgIpc) is 2.77. The molecular formula is C18H29BrN2OSi. The highest BCUT2D eigenvalue weighted by Crippen LogP contribution is 2.49. The first-order chi connectivity index (χ1) is 10.9. The Bertz CT molecular complexity index is 548. The van der Waals surface area contributed by atoms with Gasteiger partial charge in [-0.05, 0) is 31.4 Å². The molecule has 1 aliphatic heterocycles. The maximum atomic E-state index is 6.02. The minimum Gasteiger partial charge on any atom is -0.361 e. The molecule has 23 heavy (non-hydrogen) atoms. The van der Waals surface area contributed by atoms with Crippen molar-refractivity contribution in [2.24, 2.45) is 0 Å². The summed E-state index contributed by atoms with van der Waals surface area (Å²) in [4.78, 5) is 7.68. The van der Waals surface area contributed by atoms with Crippen molar-refractivity contribution < 1.29 is 4.74 Å². The lowest BCUT2D eigenvalue weighted by atomic mass is 9.71. The molecular weight excluding hydrogens is 368 g/mol. The zero-order chi connectivity index (χ0) is 16.5. The number of nitrogens with zero attached hydrogens (tertiary/aromatic N) is 2. The molecule has 0 saturated heterocycles. The summed E-state index contributed by atoms with van der Waals surface area (Å²) in [6.45, 7) is 9.82. The van der Waals surface area contributed by atoms with Gasteiger partial charge in [-0.1, -0.05) is 48.1 Å². The smallest absolute Gasteiger partial charge is 0.134 e. The first kappa shape index (κ1) is 17.4. The van der Waals surface area contributed by atoms with Crippen LogP contribution in [0.25, 0.3) is 0 Å². The van der Waals surface area contributed by atoms with E-state index in [4.69, 9.17) is 4.74 Å². The Labute approximate surface area is 150 Å². The Kier molecular flexibility index (Phi) is 5.19. The van der Waals surface area contributed by atoms with Crippen LogP contribution in [0.15, 0.2) is 18.3 Å². The van der Waals surface area contributed by atoms with Crippen molar-refractivity contribution in [3.05, 3.63) is 23.9 Å². The monoisotopic (exact) mass is 396 g/mol. The summed E-state index contributed by atoms with van der Waals surface area (Å²) in [6, 6.07) is 5.61. The van der Waals surface area contributed by atoms with Crippen molar-refractivity contribution in [1.29, 1.82) is 0 Å². The molecule has 2 unspecified atom stereocenters. The number of rotatable bonds is 5. The molecule has 1 fully saturated rings. The van der Waals surface area contributed by atoms with Crippen LogP contribution in [0.4, 0.5) is 5.82 Å². The molecule has 0 N–H and O–H groups in total. The van der Waals surface area contributed by atoms with Gasteiger partial charge in [0.25, 0.3) is 0 Å². The Morgan fingerprint density at radius 3 is 3.00 bits per heavy atom. The fourth-order valence-corrected chi connectivity index (χ4v) is 5.63. The van der Waals surface area contributed by atoms with Gasteiger partial charge < -0.3 is 9.64 Å². The molecule has 5 heteroatoms. The molecule has 0 bridgehead atoms. The number of anilines is 1. The second-order valence-corrected chi connectivity index (χ2v) is 15.3. The van der Waals surface area contributed by atoms with E-state index in [1.54, 1.807) is 0 Å². The molecule has 3 rings (SSSR count). The highest BCUT2D eigenvalue weighted by atomic mass is 79.9. The molecule has 3 nitrogen and oxygen atoms in total. The zero-order valence-corrected chi connectivity index (χ0v) is 17.2. The maximum absolute atomic E-state index is 6.02. The summed E-state index contributed by atoms with van der Waals surface area (Å²) in [6.07, 6.45) is 7.01. The normalized spacial score (nSPS) is 27.5. The zero-order valence-electron chi connectivity index (χ0n) is 14.6. The summed E-state index contributed by atoms with van der Waals surface area (Å²) in [5.74, 6) is 1.15. The molecule has 0 amide bonds. The van der Waals surface area contributed by atoms with E-state index in [0.29, 0.717) is 11.6 Å². The van der Waals surface area contributed by atoms with Crippen LogP contribution in [-0.4, -0.2) is 37.8 Å². The third-order valence-corrected chi connectivity index (χ3v) is 7.67. The van der Waals surface area contributed by atoms with Crippen molar-refractivity contribution in [3.8, 4) is 0 Å². The number of ether oxygens (including phenoxy) is 1. The number of aromatic nitrogens is 1. The fourth-order valence-electron chi connectivity index (χ4n) is 3.93. The van der Waals surface area contributed by atoms with E-state index < -0.39 is 8.07 Å². The van der Waals surface area contributed by atoms with Gasteiger partial charge in [-0.25, -0.2) is 4.98 Å². The molecule has 1 spiro atoms. The van der Waals surface area contributed by atoms with Crippen LogP contribution in [0, 0.1) is 0 Å². The van der Waals surface area contributed by atoms with Gasteiger partial charge in [0.15, 0.2) is 0 Å². The largest absolute Gasteiger partial charge is 0.361 e. The van der Waals surface area contributed by atoms with Crippen molar-refractivity contribution >= 4 is 29.8 Å². The molecule has 128 valence electrons. The van der Waals surface area contributed by atoms with Gasteiger partial charge >= 0.3 is 0 Å². The van der Waals surface area contributed by atoms with Gasteiger partial charge in [-0.15, -0.1) is 0 Å². The first-order valence-corrected chi connectivity index (χ1v) is 13.4. The molecule has 0 radical (unpaired) electrons. The van der Waals surface area contributed by atoms with E-state index in [-0.39, 0.29) is 5.41 Å². The van der Waals surface area contributed by atoms with Gasteiger partial charge in [0.1, 0.15) is 12.5 Å². The van der Waals surface area contributed by atoms with Gasteiger partial charge in [0.2, 0.25) is 0 Å². The number of pyridine rings is 1.